The summed E-state index contributed by atoms with van der Waals surface area (Å²) in [4.78, 5) is 0. The summed E-state index contributed by atoms with van der Waals surface area (Å²) in [6.07, 6.45) is 3.49. The molecule has 5 heteroatoms. The molecule has 0 bridgehead atoms. The summed E-state index contributed by atoms with van der Waals surface area (Å²) < 4.78 is 25.3. The molecule has 1 saturated carbocycles. The lowest BCUT2D eigenvalue weighted by molar-refractivity contribution is 0.399. The van der Waals surface area contributed by atoms with Crippen LogP contribution in [0.2, 0.25) is 0 Å². The monoisotopic (exact) mass is 220 g/mol. The summed E-state index contributed by atoms with van der Waals surface area (Å²) in [5.41, 5.74) is 5.39. The smallest absolute Gasteiger partial charge is 0.214 e. The maximum atomic E-state index is 11.8. The molecule has 84 valence electrons. The van der Waals surface area contributed by atoms with Crippen LogP contribution >= 0.6 is 0 Å². The van der Waals surface area contributed by atoms with E-state index in [2.05, 4.69) is 0 Å². The van der Waals surface area contributed by atoms with Crippen molar-refractivity contribution < 1.29 is 8.42 Å². The van der Waals surface area contributed by atoms with Crippen molar-refractivity contribution in [3.8, 4) is 0 Å². The quantitative estimate of drug-likeness (QED) is 0.681. The van der Waals surface area contributed by atoms with Crippen molar-refractivity contribution in [3.63, 3.8) is 0 Å². The van der Waals surface area contributed by atoms with E-state index >= 15 is 0 Å². The van der Waals surface area contributed by atoms with Crippen LogP contribution in [-0.2, 0) is 10.0 Å². The van der Waals surface area contributed by atoms with Crippen molar-refractivity contribution in [1.29, 1.82) is 0 Å². The summed E-state index contributed by atoms with van der Waals surface area (Å²) in [6, 6.07) is 0.276. The minimum Gasteiger partial charge on any atom is -0.330 e. The Kier molecular flexibility index (Phi) is 4.34. The lowest BCUT2D eigenvalue weighted by atomic mass is 10.4. The van der Waals surface area contributed by atoms with E-state index in [-0.39, 0.29) is 11.8 Å². The van der Waals surface area contributed by atoms with Crippen LogP contribution in [0.15, 0.2) is 0 Å². The number of hydrogen-bond donors (Lipinski definition) is 1. The summed E-state index contributed by atoms with van der Waals surface area (Å²) in [7, 11) is -3.00. The maximum absolute atomic E-state index is 11.8. The van der Waals surface area contributed by atoms with Crippen LogP contribution in [0.3, 0.4) is 0 Å². The molecule has 0 saturated heterocycles. The normalized spacial score (nSPS) is 17.6. The van der Waals surface area contributed by atoms with Gasteiger partial charge in [0.25, 0.3) is 0 Å². The van der Waals surface area contributed by atoms with Crippen molar-refractivity contribution in [1.82, 2.24) is 4.31 Å². The molecule has 1 aliphatic carbocycles. The third kappa shape index (κ3) is 3.22. The van der Waals surface area contributed by atoms with Gasteiger partial charge in [0.2, 0.25) is 10.0 Å². The Balaban J connectivity index is 2.56. The third-order valence-corrected chi connectivity index (χ3v) is 4.48. The Labute approximate surface area is 86.5 Å². The van der Waals surface area contributed by atoms with Crippen LogP contribution in [0, 0.1) is 0 Å². The first kappa shape index (κ1) is 11.9. The Morgan fingerprint density at radius 1 is 1.43 bits per heavy atom. The van der Waals surface area contributed by atoms with Crippen molar-refractivity contribution in [2.24, 2.45) is 5.73 Å². The minimum atomic E-state index is -3.00. The van der Waals surface area contributed by atoms with E-state index in [4.69, 9.17) is 5.73 Å². The summed E-state index contributed by atoms with van der Waals surface area (Å²) in [5, 5.41) is 0. The molecule has 14 heavy (non-hydrogen) atoms. The Hall–Kier alpha value is -0.130. The van der Waals surface area contributed by atoms with E-state index in [9.17, 15) is 8.42 Å². The lowest BCUT2D eigenvalue weighted by Crippen LogP contribution is -2.36. The largest absolute Gasteiger partial charge is 0.330 e. The molecule has 4 nitrogen and oxygen atoms in total. The van der Waals surface area contributed by atoms with E-state index in [1.165, 1.54) is 0 Å². The van der Waals surface area contributed by atoms with Gasteiger partial charge in [-0.1, -0.05) is 6.92 Å². The SMILES string of the molecule is CCCS(=O)(=O)N(CCCN)C1CC1. The van der Waals surface area contributed by atoms with Gasteiger partial charge in [-0.2, -0.15) is 4.31 Å². The maximum Gasteiger partial charge on any atom is 0.214 e. The van der Waals surface area contributed by atoms with Crippen LogP contribution < -0.4 is 5.73 Å². The first-order valence-electron chi connectivity index (χ1n) is 5.31. The van der Waals surface area contributed by atoms with Gasteiger partial charge in [0, 0.05) is 12.6 Å². The van der Waals surface area contributed by atoms with Crippen LogP contribution in [0.25, 0.3) is 0 Å². The molecule has 0 aromatic heterocycles. The molecule has 0 atom stereocenters. The van der Waals surface area contributed by atoms with Gasteiger partial charge in [-0.05, 0) is 32.2 Å². The van der Waals surface area contributed by atoms with Crippen molar-refractivity contribution >= 4 is 10.0 Å². The van der Waals surface area contributed by atoms with Gasteiger partial charge in [-0.25, -0.2) is 8.42 Å². The Morgan fingerprint density at radius 3 is 2.50 bits per heavy atom. The van der Waals surface area contributed by atoms with Gasteiger partial charge < -0.3 is 5.73 Å². The highest BCUT2D eigenvalue weighted by Crippen LogP contribution is 2.29. The molecule has 0 amide bonds. The molecule has 0 radical (unpaired) electrons. The first-order valence-corrected chi connectivity index (χ1v) is 6.92. The van der Waals surface area contributed by atoms with E-state index in [1.54, 1.807) is 4.31 Å². The first-order chi connectivity index (χ1) is 6.61. The fourth-order valence-electron chi connectivity index (χ4n) is 1.53. The molecule has 2 N–H and O–H groups in total. The second kappa shape index (κ2) is 5.09. The van der Waals surface area contributed by atoms with E-state index < -0.39 is 10.0 Å². The van der Waals surface area contributed by atoms with E-state index in [0.717, 1.165) is 19.3 Å². The van der Waals surface area contributed by atoms with E-state index in [1.807, 2.05) is 6.92 Å². The third-order valence-electron chi connectivity index (χ3n) is 2.36. The highest BCUT2D eigenvalue weighted by molar-refractivity contribution is 7.89. The lowest BCUT2D eigenvalue weighted by Gasteiger charge is -2.21. The fraction of sp³-hybridized carbons (Fsp3) is 1.00. The average molecular weight is 220 g/mol. The van der Waals surface area contributed by atoms with Crippen LogP contribution in [0.1, 0.15) is 32.6 Å². The van der Waals surface area contributed by atoms with Crippen molar-refractivity contribution in [2.45, 2.75) is 38.6 Å². The minimum absolute atomic E-state index is 0.272. The van der Waals surface area contributed by atoms with Gasteiger partial charge in [0.15, 0.2) is 0 Å². The molecule has 0 aromatic rings. The molecule has 0 unspecified atom stereocenters. The zero-order valence-corrected chi connectivity index (χ0v) is 9.59. The fourth-order valence-corrected chi connectivity index (χ4v) is 3.36. The average Bonchev–Trinajstić information content (AvgIpc) is 2.88. The number of sulfonamides is 1. The number of rotatable bonds is 7. The predicted octanol–water partition coefficient (Wildman–Crippen LogP) is 0.539. The molecule has 1 rings (SSSR count). The summed E-state index contributed by atoms with van der Waals surface area (Å²) >= 11 is 0. The molecule has 0 aliphatic heterocycles. The zero-order chi connectivity index (χ0) is 10.6. The molecule has 0 heterocycles. The van der Waals surface area contributed by atoms with Gasteiger partial charge >= 0.3 is 0 Å². The Bertz CT molecular complexity index is 260. The number of nitrogens with two attached hydrogens (primary N) is 1. The predicted molar refractivity (Wildman–Crippen MR) is 57.5 cm³/mol. The standard InChI is InChI=1S/C9H20N2O2S/c1-2-8-14(12,13)11(7-3-6-10)9-4-5-9/h9H,2-8,10H2,1H3. The highest BCUT2D eigenvalue weighted by atomic mass is 32.2. The highest BCUT2D eigenvalue weighted by Gasteiger charge is 2.35. The van der Waals surface area contributed by atoms with Crippen LogP contribution in [0.4, 0.5) is 0 Å². The number of hydrogen-bond acceptors (Lipinski definition) is 3. The summed E-state index contributed by atoms with van der Waals surface area (Å²) in [6.45, 7) is 3.06. The van der Waals surface area contributed by atoms with Crippen LogP contribution in [-0.4, -0.2) is 37.6 Å². The molecule has 1 fully saturated rings. The number of nitrogens with zero attached hydrogens (tertiary/aromatic N) is 1. The van der Waals surface area contributed by atoms with E-state index in [0.29, 0.717) is 19.5 Å². The van der Waals surface area contributed by atoms with Crippen molar-refractivity contribution in [3.05, 3.63) is 0 Å². The van der Waals surface area contributed by atoms with Crippen LogP contribution in [0.5, 0.6) is 0 Å². The molecular weight excluding hydrogens is 200 g/mol. The van der Waals surface area contributed by atoms with Gasteiger partial charge in [-0.3, -0.25) is 0 Å². The molecular formula is C9H20N2O2S. The zero-order valence-electron chi connectivity index (χ0n) is 8.78. The topological polar surface area (TPSA) is 63.4 Å². The second-order valence-corrected chi connectivity index (χ2v) is 5.84. The van der Waals surface area contributed by atoms with Gasteiger partial charge in [0.05, 0.1) is 5.75 Å². The van der Waals surface area contributed by atoms with Gasteiger partial charge in [0.1, 0.15) is 0 Å². The molecule has 0 spiro atoms. The molecule has 1 aliphatic rings. The van der Waals surface area contributed by atoms with Gasteiger partial charge in [-0.15, -0.1) is 0 Å². The molecule has 0 aromatic carbocycles. The second-order valence-electron chi connectivity index (χ2n) is 3.80. The van der Waals surface area contributed by atoms with Crippen molar-refractivity contribution in [2.75, 3.05) is 18.8 Å². The Morgan fingerprint density at radius 2 is 2.07 bits per heavy atom. The summed E-state index contributed by atoms with van der Waals surface area (Å²) in [5.74, 6) is 0.272.